The molecule has 0 aliphatic carbocycles. The summed E-state index contributed by atoms with van der Waals surface area (Å²) < 4.78 is 5.30. The maximum absolute atomic E-state index is 11.9. The molecule has 1 aromatic carbocycles. The van der Waals surface area contributed by atoms with Crippen molar-refractivity contribution in [3.05, 3.63) is 29.8 Å². The van der Waals surface area contributed by atoms with Gasteiger partial charge in [0.05, 0.1) is 17.7 Å². The van der Waals surface area contributed by atoms with Crippen LogP contribution in [0.5, 0.6) is 0 Å². The summed E-state index contributed by atoms with van der Waals surface area (Å²) in [4.78, 5) is 14.1. The van der Waals surface area contributed by atoms with Gasteiger partial charge in [0.2, 0.25) is 5.91 Å². The summed E-state index contributed by atoms with van der Waals surface area (Å²) in [6.45, 7) is 2.62. The Morgan fingerprint density at radius 2 is 2.45 bits per heavy atom. The monoisotopic (exact) mass is 273 g/mol. The van der Waals surface area contributed by atoms with E-state index in [1.54, 1.807) is 31.4 Å². The smallest absolute Gasteiger partial charge is 0.225 e. The van der Waals surface area contributed by atoms with Crippen molar-refractivity contribution in [2.45, 2.75) is 18.9 Å². The van der Waals surface area contributed by atoms with E-state index in [1.807, 2.05) is 0 Å². The van der Waals surface area contributed by atoms with Gasteiger partial charge in [-0.05, 0) is 24.6 Å². The van der Waals surface area contributed by atoms with Crippen LogP contribution in [0.15, 0.2) is 24.3 Å². The van der Waals surface area contributed by atoms with Gasteiger partial charge in [0.25, 0.3) is 0 Å². The van der Waals surface area contributed by atoms with Crippen LogP contribution >= 0.6 is 0 Å². The van der Waals surface area contributed by atoms with E-state index >= 15 is 0 Å². The van der Waals surface area contributed by atoms with Crippen LogP contribution in [-0.2, 0) is 9.53 Å². The van der Waals surface area contributed by atoms with Gasteiger partial charge >= 0.3 is 0 Å². The van der Waals surface area contributed by atoms with Crippen molar-refractivity contribution in [3.8, 4) is 6.07 Å². The molecule has 0 bridgehead atoms. The van der Waals surface area contributed by atoms with Gasteiger partial charge in [-0.3, -0.25) is 4.79 Å². The Hall–Kier alpha value is -1.90. The normalized spacial score (nSPS) is 18.7. The van der Waals surface area contributed by atoms with Crippen LogP contribution < -0.4 is 5.32 Å². The third-order valence-electron chi connectivity index (χ3n) is 3.49. The average molecular weight is 273 g/mol. The summed E-state index contributed by atoms with van der Waals surface area (Å²) in [6.07, 6.45) is 1.78. The quantitative estimate of drug-likeness (QED) is 0.885. The Kier molecular flexibility index (Phi) is 5.10. The molecule has 1 aliphatic heterocycles. The van der Waals surface area contributed by atoms with Crippen LogP contribution in [0.2, 0.25) is 0 Å². The number of benzene rings is 1. The zero-order valence-corrected chi connectivity index (χ0v) is 11.6. The second-order valence-corrected chi connectivity index (χ2v) is 4.94. The van der Waals surface area contributed by atoms with Gasteiger partial charge in [0.1, 0.15) is 0 Å². The molecule has 1 saturated heterocycles. The Morgan fingerprint density at radius 3 is 3.15 bits per heavy atom. The minimum Gasteiger partial charge on any atom is -0.380 e. The molecule has 1 aromatic rings. The molecule has 106 valence electrons. The van der Waals surface area contributed by atoms with Crippen molar-refractivity contribution < 1.29 is 9.53 Å². The van der Waals surface area contributed by atoms with E-state index in [4.69, 9.17) is 10.00 Å². The first-order valence-electron chi connectivity index (χ1n) is 6.76. The zero-order valence-electron chi connectivity index (χ0n) is 11.6. The Bertz CT molecular complexity index is 510. The highest BCUT2D eigenvalue weighted by molar-refractivity contribution is 5.90. The number of nitrogens with one attached hydrogen (secondary N) is 1. The molecule has 1 heterocycles. The second kappa shape index (κ2) is 7.04. The van der Waals surface area contributed by atoms with E-state index in [0.29, 0.717) is 23.8 Å². The van der Waals surface area contributed by atoms with Crippen molar-refractivity contribution in [2.24, 2.45) is 0 Å². The maximum Gasteiger partial charge on any atom is 0.225 e. The molecular weight excluding hydrogens is 254 g/mol. The van der Waals surface area contributed by atoms with E-state index in [0.717, 1.165) is 26.1 Å². The number of methoxy groups -OCH3 is 1. The number of ether oxygens (including phenoxy) is 1. The Balaban J connectivity index is 1.77. The molecule has 20 heavy (non-hydrogen) atoms. The molecule has 5 nitrogen and oxygen atoms in total. The highest BCUT2D eigenvalue weighted by atomic mass is 16.5. The fraction of sp³-hybridized carbons (Fsp3) is 0.467. The first-order valence-corrected chi connectivity index (χ1v) is 6.76. The molecule has 0 saturated carbocycles. The van der Waals surface area contributed by atoms with Crippen molar-refractivity contribution in [1.29, 1.82) is 5.26 Å². The number of likely N-dealkylation sites (tertiary alicyclic amines) is 1. The number of anilines is 1. The molecular formula is C15H19N3O2. The first kappa shape index (κ1) is 14.5. The van der Waals surface area contributed by atoms with Gasteiger partial charge in [-0.25, -0.2) is 0 Å². The summed E-state index contributed by atoms with van der Waals surface area (Å²) in [6, 6.07) is 8.99. The fourth-order valence-corrected chi connectivity index (χ4v) is 2.34. The minimum atomic E-state index is -0.0269. The summed E-state index contributed by atoms with van der Waals surface area (Å²) in [5.74, 6) is -0.0269. The molecule has 1 unspecified atom stereocenters. The summed E-state index contributed by atoms with van der Waals surface area (Å²) in [5, 5.41) is 11.6. The highest BCUT2D eigenvalue weighted by Crippen LogP contribution is 2.13. The zero-order chi connectivity index (χ0) is 14.4. The van der Waals surface area contributed by atoms with Crippen molar-refractivity contribution in [1.82, 2.24) is 4.90 Å². The van der Waals surface area contributed by atoms with Crippen LogP contribution in [0.3, 0.4) is 0 Å². The van der Waals surface area contributed by atoms with Gasteiger partial charge in [-0.15, -0.1) is 0 Å². The SMILES string of the molecule is COC1CCN(CCC(=O)Nc2cccc(C#N)c2)C1. The van der Waals surface area contributed by atoms with Gasteiger partial charge in [-0.2, -0.15) is 5.26 Å². The molecule has 0 radical (unpaired) electrons. The highest BCUT2D eigenvalue weighted by Gasteiger charge is 2.21. The molecule has 1 aliphatic rings. The maximum atomic E-state index is 11.9. The lowest BCUT2D eigenvalue weighted by atomic mass is 10.2. The van der Waals surface area contributed by atoms with Crippen molar-refractivity contribution in [3.63, 3.8) is 0 Å². The molecule has 1 amide bonds. The van der Waals surface area contributed by atoms with Crippen molar-refractivity contribution in [2.75, 3.05) is 32.1 Å². The molecule has 5 heteroatoms. The summed E-state index contributed by atoms with van der Waals surface area (Å²) in [5.41, 5.74) is 1.22. The number of hydrogen-bond donors (Lipinski definition) is 1. The Labute approximate surface area is 119 Å². The van der Waals surface area contributed by atoms with E-state index in [1.165, 1.54) is 0 Å². The number of nitrogens with zero attached hydrogens (tertiary/aromatic N) is 2. The molecule has 2 rings (SSSR count). The number of hydrogen-bond acceptors (Lipinski definition) is 4. The van der Waals surface area contributed by atoms with E-state index in [2.05, 4.69) is 16.3 Å². The number of amides is 1. The molecule has 0 spiro atoms. The minimum absolute atomic E-state index is 0.0269. The average Bonchev–Trinajstić information content (AvgIpc) is 2.93. The predicted molar refractivity (Wildman–Crippen MR) is 76.3 cm³/mol. The number of nitriles is 1. The van der Waals surface area contributed by atoms with Crippen LogP contribution in [0.4, 0.5) is 5.69 Å². The third-order valence-corrected chi connectivity index (χ3v) is 3.49. The lowest BCUT2D eigenvalue weighted by Crippen LogP contribution is -2.27. The van der Waals surface area contributed by atoms with Gasteiger partial charge in [-0.1, -0.05) is 6.07 Å². The second-order valence-electron chi connectivity index (χ2n) is 4.94. The largest absolute Gasteiger partial charge is 0.380 e. The molecule has 0 aromatic heterocycles. The number of carbonyl (C=O) groups is 1. The predicted octanol–water partition coefficient (Wildman–Crippen LogP) is 1.61. The van der Waals surface area contributed by atoms with Crippen LogP contribution in [0, 0.1) is 11.3 Å². The molecule has 1 atom stereocenters. The number of carbonyl (C=O) groups excluding carboxylic acids is 1. The van der Waals surface area contributed by atoms with Gasteiger partial charge < -0.3 is 15.0 Å². The summed E-state index contributed by atoms with van der Waals surface area (Å²) >= 11 is 0. The molecule has 1 fully saturated rings. The first-order chi connectivity index (χ1) is 9.71. The molecule has 1 N–H and O–H groups in total. The van der Waals surface area contributed by atoms with Crippen LogP contribution in [-0.4, -0.2) is 43.7 Å². The van der Waals surface area contributed by atoms with E-state index in [9.17, 15) is 4.79 Å². The van der Waals surface area contributed by atoms with Crippen molar-refractivity contribution >= 4 is 11.6 Å². The van der Waals surface area contributed by atoms with Gasteiger partial charge in [0.15, 0.2) is 0 Å². The van der Waals surface area contributed by atoms with E-state index in [-0.39, 0.29) is 5.91 Å². The lowest BCUT2D eigenvalue weighted by molar-refractivity contribution is -0.116. The standard InChI is InChI=1S/C15H19N3O2/c1-20-14-5-7-18(11-14)8-6-15(19)17-13-4-2-3-12(9-13)10-16/h2-4,9,14H,5-8,11H2,1H3,(H,17,19). The van der Waals surface area contributed by atoms with Gasteiger partial charge in [0, 0.05) is 38.9 Å². The number of rotatable bonds is 5. The van der Waals surface area contributed by atoms with Crippen LogP contribution in [0.25, 0.3) is 0 Å². The fourth-order valence-electron chi connectivity index (χ4n) is 2.34. The lowest BCUT2D eigenvalue weighted by Gasteiger charge is -2.15. The summed E-state index contributed by atoms with van der Waals surface area (Å²) in [7, 11) is 1.73. The third kappa shape index (κ3) is 4.05. The Morgan fingerprint density at radius 1 is 1.60 bits per heavy atom. The topological polar surface area (TPSA) is 65.4 Å². The van der Waals surface area contributed by atoms with Crippen LogP contribution in [0.1, 0.15) is 18.4 Å². The van der Waals surface area contributed by atoms with E-state index < -0.39 is 0 Å².